The molecule has 3 aromatic carbocycles. The average molecular weight is 449 g/mol. The summed E-state index contributed by atoms with van der Waals surface area (Å²) in [6.07, 6.45) is 0.499. The second kappa shape index (κ2) is 9.36. The SMILES string of the molecule is CN(Cc1cccc(-c2ccc(CC3SC(=O)NC3=O)cc2)c1)C(=O)c1ccc(F)cc1. The van der Waals surface area contributed by atoms with E-state index in [0.29, 0.717) is 18.5 Å². The summed E-state index contributed by atoms with van der Waals surface area (Å²) in [4.78, 5) is 37.3. The van der Waals surface area contributed by atoms with Gasteiger partial charge in [0.2, 0.25) is 5.91 Å². The van der Waals surface area contributed by atoms with Crippen LogP contribution in [0.1, 0.15) is 21.5 Å². The molecule has 1 unspecified atom stereocenters. The van der Waals surface area contributed by atoms with Crippen molar-refractivity contribution in [1.82, 2.24) is 10.2 Å². The summed E-state index contributed by atoms with van der Waals surface area (Å²) in [6.45, 7) is 0.421. The zero-order chi connectivity index (χ0) is 22.7. The number of hydrogen-bond donors (Lipinski definition) is 1. The molecule has 1 heterocycles. The predicted molar refractivity (Wildman–Crippen MR) is 123 cm³/mol. The Bertz CT molecular complexity index is 1160. The summed E-state index contributed by atoms with van der Waals surface area (Å²) in [5.74, 6) is -0.787. The average Bonchev–Trinajstić information content (AvgIpc) is 3.11. The van der Waals surface area contributed by atoms with Crippen LogP contribution >= 0.6 is 11.8 Å². The van der Waals surface area contributed by atoms with Gasteiger partial charge in [0, 0.05) is 19.2 Å². The molecule has 1 fully saturated rings. The molecule has 5 nitrogen and oxygen atoms in total. The van der Waals surface area contributed by atoms with Gasteiger partial charge in [-0.25, -0.2) is 4.39 Å². The van der Waals surface area contributed by atoms with E-state index in [1.165, 1.54) is 24.3 Å². The second-order valence-corrected chi connectivity index (χ2v) is 8.83. The number of imide groups is 1. The van der Waals surface area contributed by atoms with Gasteiger partial charge < -0.3 is 4.90 Å². The molecule has 1 N–H and O–H groups in total. The minimum absolute atomic E-state index is 0.174. The Morgan fingerprint density at radius 1 is 0.969 bits per heavy atom. The second-order valence-electron chi connectivity index (χ2n) is 7.65. The first-order chi connectivity index (χ1) is 15.4. The maximum absolute atomic E-state index is 13.1. The highest BCUT2D eigenvalue weighted by Gasteiger charge is 2.31. The third-order valence-electron chi connectivity index (χ3n) is 5.26. The summed E-state index contributed by atoms with van der Waals surface area (Å²) < 4.78 is 13.1. The van der Waals surface area contributed by atoms with Crippen molar-refractivity contribution >= 4 is 28.8 Å². The van der Waals surface area contributed by atoms with E-state index in [0.717, 1.165) is 34.0 Å². The van der Waals surface area contributed by atoms with E-state index in [1.807, 2.05) is 48.5 Å². The van der Waals surface area contributed by atoms with Gasteiger partial charge in [-0.1, -0.05) is 54.2 Å². The van der Waals surface area contributed by atoms with Crippen LogP contribution in [-0.2, 0) is 17.8 Å². The van der Waals surface area contributed by atoms with Crippen LogP contribution in [0.25, 0.3) is 11.1 Å². The van der Waals surface area contributed by atoms with Crippen molar-refractivity contribution in [2.24, 2.45) is 0 Å². The molecule has 3 amide bonds. The lowest BCUT2D eigenvalue weighted by atomic mass is 10.00. The highest BCUT2D eigenvalue weighted by Crippen LogP contribution is 2.26. The Kier molecular flexibility index (Phi) is 6.37. The van der Waals surface area contributed by atoms with Crippen molar-refractivity contribution in [3.63, 3.8) is 0 Å². The number of amides is 3. The molecule has 0 saturated carbocycles. The molecule has 1 atom stereocenters. The van der Waals surface area contributed by atoms with E-state index in [2.05, 4.69) is 5.32 Å². The first-order valence-electron chi connectivity index (χ1n) is 10.1. The minimum atomic E-state index is -0.383. The molecule has 7 heteroatoms. The molecular formula is C25H21FN2O3S. The fourth-order valence-electron chi connectivity index (χ4n) is 3.58. The number of nitrogens with zero attached hydrogens (tertiary/aromatic N) is 1. The molecule has 0 aliphatic carbocycles. The summed E-state index contributed by atoms with van der Waals surface area (Å²) >= 11 is 1.03. The van der Waals surface area contributed by atoms with Gasteiger partial charge in [-0.05, 0) is 59.0 Å². The van der Waals surface area contributed by atoms with Crippen molar-refractivity contribution in [1.29, 1.82) is 0 Å². The number of hydrogen-bond acceptors (Lipinski definition) is 4. The summed E-state index contributed by atoms with van der Waals surface area (Å²) in [5.41, 5.74) is 4.43. The van der Waals surface area contributed by atoms with Gasteiger partial charge in [-0.3, -0.25) is 19.7 Å². The smallest absolute Gasteiger partial charge is 0.286 e. The van der Waals surface area contributed by atoms with Crippen LogP contribution in [0.4, 0.5) is 9.18 Å². The highest BCUT2D eigenvalue weighted by atomic mass is 32.2. The number of halogens is 1. The fourth-order valence-corrected chi connectivity index (χ4v) is 4.44. The maximum Gasteiger partial charge on any atom is 0.286 e. The topological polar surface area (TPSA) is 66.5 Å². The number of rotatable bonds is 6. The third kappa shape index (κ3) is 5.06. The van der Waals surface area contributed by atoms with Crippen LogP contribution in [0.3, 0.4) is 0 Å². The van der Waals surface area contributed by atoms with Crippen LogP contribution in [0.15, 0.2) is 72.8 Å². The van der Waals surface area contributed by atoms with Crippen molar-refractivity contribution in [3.8, 4) is 11.1 Å². The van der Waals surface area contributed by atoms with Gasteiger partial charge in [0.25, 0.3) is 11.1 Å². The number of carbonyl (C=O) groups is 3. The molecule has 0 aromatic heterocycles. The first-order valence-corrected chi connectivity index (χ1v) is 11.0. The quantitative estimate of drug-likeness (QED) is 0.596. The predicted octanol–water partition coefficient (Wildman–Crippen LogP) is 4.66. The molecule has 1 aliphatic heterocycles. The van der Waals surface area contributed by atoms with Crippen LogP contribution in [0.2, 0.25) is 0 Å². The Morgan fingerprint density at radius 3 is 2.34 bits per heavy atom. The van der Waals surface area contributed by atoms with E-state index in [1.54, 1.807) is 11.9 Å². The summed E-state index contributed by atoms with van der Waals surface area (Å²) in [6, 6.07) is 21.3. The standard InChI is InChI=1S/C25H21FN2O3S/c1-28(24(30)19-9-11-21(26)12-10-19)15-17-3-2-4-20(13-17)18-7-5-16(6-8-18)14-22-23(29)27-25(31)32-22/h2-13,22H,14-15H2,1H3,(H,27,29,31). The Hall–Kier alpha value is -3.45. The number of thioether (sulfide) groups is 1. The molecule has 1 aliphatic rings. The molecule has 0 radical (unpaired) electrons. The zero-order valence-electron chi connectivity index (χ0n) is 17.4. The Morgan fingerprint density at radius 2 is 1.69 bits per heavy atom. The number of benzene rings is 3. The van der Waals surface area contributed by atoms with E-state index in [4.69, 9.17) is 0 Å². The van der Waals surface area contributed by atoms with Crippen molar-refractivity contribution < 1.29 is 18.8 Å². The van der Waals surface area contributed by atoms with Gasteiger partial charge in [0.05, 0.1) is 5.25 Å². The van der Waals surface area contributed by atoms with Crippen LogP contribution in [-0.4, -0.2) is 34.3 Å². The van der Waals surface area contributed by atoms with Gasteiger partial charge in [0.15, 0.2) is 0 Å². The highest BCUT2D eigenvalue weighted by molar-refractivity contribution is 8.15. The largest absolute Gasteiger partial charge is 0.337 e. The van der Waals surface area contributed by atoms with E-state index in [-0.39, 0.29) is 28.1 Å². The van der Waals surface area contributed by atoms with Gasteiger partial charge in [-0.15, -0.1) is 0 Å². The fraction of sp³-hybridized carbons (Fsp3) is 0.160. The molecule has 0 bridgehead atoms. The summed E-state index contributed by atoms with van der Waals surface area (Å²) in [7, 11) is 1.72. The minimum Gasteiger partial charge on any atom is -0.337 e. The Balaban J connectivity index is 1.43. The number of nitrogens with one attached hydrogen (secondary N) is 1. The third-order valence-corrected chi connectivity index (χ3v) is 6.24. The molecule has 1 saturated heterocycles. The molecule has 0 spiro atoms. The molecule has 4 rings (SSSR count). The normalized spacial score (nSPS) is 15.5. The lowest BCUT2D eigenvalue weighted by Crippen LogP contribution is -2.26. The van der Waals surface area contributed by atoms with Crippen LogP contribution < -0.4 is 5.32 Å². The molecule has 32 heavy (non-hydrogen) atoms. The summed E-state index contributed by atoms with van der Waals surface area (Å²) in [5, 5.41) is 1.63. The van der Waals surface area contributed by atoms with Crippen molar-refractivity contribution in [2.45, 2.75) is 18.2 Å². The van der Waals surface area contributed by atoms with Crippen molar-refractivity contribution in [3.05, 3.63) is 95.3 Å². The number of carbonyl (C=O) groups excluding carboxylic acids is 3. The zero-order valence-corrected chi connectivity index (χ0v) is 18.2. The van der Waals surface area contributed by atoms with E-state index in [9.17, 15) is 18.8 Å². The molecule has 3 aromatic rings. The molecular weight excluding hydrogens is 427 g/mol. The van der Waals surface area contributed by atoms with Gasteiger partial charge in [-0.2, -0.15) is 0 Å². The van der Waals surface area contributed by atoms with Gasteiger partial charge in [0.1, 0.15) is 5.82 Å². The Labute approximate surface area is 189 Å². The van der Waals surface area contributed by atoms with E-state index >= 15 is 0 Å². The maximum atomic E-state index is 13.1. The molecule has 162 valence electrons. The van der Waals surface area contributed by atoms with Crippen LogP contribution in [0, 0.1) is 5.82 Å². The monoisotopic (exact) mass is 448 g/mol. The van der Waals surface area contributed by atoms with Gasteiger partial charge >= 0.3 is 0 Å². The lowest BCUT2D eigenvalue weighted by molar-refractivity contribution is -0.118. The lowest BCUT2D eigenvalue weighted by Gasteiger charge is -2.18. The first kappa shape index (κ1) is 21.8. The van der Waals surface area contributed by atoms with E-state index < -0.39 is 0 Å². The van der Waals surface area contributed by atoms with Crippen molar-refractivity contribution in [2.75, 3.05) is 7.05 Å². The van der Waals surface area contributed by atoms with Crippen LogP contribution in [0.5, 0.6) is 0 Å².